The second kappa shape index (κ2) is 3.69. The van der Waals surface area contributed by atoms with Crippen molar-refractivity contribution in [2.24, 2.45) is 7.05 Å². The third-order valence-electron chi connectivity index (χ3n) is 2.84. The minimum atomic E-state index is 0.243. The van der Waals surface area contributed by atoms with Crippen molar-refractivity contribution in [3.63, 3.8) is 0 Å². The van der Waals surface area contributed by atoms with Crippen LogP contribution in [0.4, 0.5) is 11.6 Å². The Morgan fingerprint density at radius 3 is 2.67 bits per heavy atom. The van der Waals surface area contributed by atoms with Crippen LogP contribution >= 0.6 is 0 Å². The first-order valence-corrected chi connectivity index (χ1v) is 5.45. The molecule has 4 N–H and O–H groups in total. The van der Waals surface area contributed by atoms with E-state index in [4.69, 9.17) is 11.5 Å². The van der Waals surface area contributed by atoms with Gasteiger partial charge in [-0.15, -0.1) is 0 Å². The molecule has 0 aliphatic rings. The van der Waals surface area contributed by atoms with Crippen LogP contribution in [0.15, 0.2) is 30.7 Å². The molecular formula is C12H12N6. The predicted octanol–water partition coefficient (Wildman–Crippen LogP) is 1.19. The quantitative estimate of drug-likeness (QED) is 0.666. The Morgan fingerprint density at radius 2 is 1.89 bits per heavy atom. The summed E-state index contributed by atoms with van der Waals surface area (Å²) in [6.45, 7) is 0. The number of nitrogen functional groups attached to an aromatic ring is 2. The van der Waals surface area contributed by atoms with Gasteiger partial charge in [0.2, 0.25) is 5.95 Å². The highest BCUT2D eigenvalue weighted by molar-refractivity contribution is 6.01. The highest BCUT2D eigenvalue weighted by atomic mass is 15.0. The van der Waals surface area contributed by atoms with Crippen LogP contribution in [0.3, 0.4) is 0 Å². The predicted molar refractivity (Wildman–Crippen MR) is 70.6 cm³/mol. The minimum absolute atomic E-state index is 0.243. The number of anilines is 2. The van der Waals surface area contributed by atoms with Crippen LogP contribution in [0.1, 0.15) is 0 Å². The highest BCUT2D eigenvalue weighted by Gasteiger charge is 2.13. The first-order chi connectivity index (χ1) is 8.66. The second-order valence-corrected chi connectivity index (χ2v) is 4.05. The molecule has 0 amide bonds. The molecule has 0 atom stereocenters. The van der Waals surface area contributed by atoms with Gasteiger partial charge in [-0.1, -0.05) is 0 Å². The maximum atomic E-state index is 6.02. The van der Waals surface area contributed by atoms with Crippen LogP contribution in [-0.4, -0.2) is 19.5 Å². The zero-order valence-corrected chi connectivity index (χ0v) is 9.83. The number of hydrogen-bond donors (Lipinski definition) is 2. The fraction of sp³-hybridized carbons (Fsp3) is 0.0833. The Labute approximate surface area is 103 Å². The SMILES string of the molecule is Cn1cc(-c2ccnc(N)n2)c2c(N)ccnc21. The lowest BCUT2D eigenvalue weighted by molar-refractivity contribution is 0.949. The van der Waals surface area contributed by atoms with Gasteiger partial charge in [0.05, 0.1) is 11.1 Å². The van der Waals surface area contributed by atoms with Crippen LogP contribution in [0.2, 0.25) is 0 Å². The number of fused-ring (bicyclic) bond motifs is 1. The van der Waals surface area contributed by atoms with Crippen molar-refractivity contribution in [1.82, 2.24) is 19.5 Å². The van der Waals surface area contributed by atoms with Crippen LogP contribution in [0.25, 0.3) is 22.3 Å². The van der Waals surface area contributed by atoms with E-state index < -0.39 is 0 Å². The van der Waals surface area contributed by atoms with Gasteiger partial charge in [-0.05, 0) is 12.1 Å². The third-order valence-corrected chi connectivity index (χ3v) is 2.84. The zero-order valence-electron chi connectivity index (χ0n) is 9.83. The lowest BCUT2D eigenvalue weighted by Crippen LogP contribution is -1.95. The van der Waals surface area contributed by atoms with Gasteiger partial charge in [0.1, 0.15) is 5.65 Å². The number of aromatic nitrogens is 4. The average Bonchev–Trinajstić information content (AvgIpc) is 2.69. The molecule has 6 heteroatoms. The monoisotopic (exact) mass is 240 g/mol. The second-order valence-electron chi connectivity index (χ2n) is 4.05. The number of hydrogen-bond acceptors (Lipinski definition) is 5. The van der Waals surface area contributed by atoms with Gasteiger partial charge in [-0.2, -0.15) is 0 Å². The van der Waals surface area contributed by atoms with Gasteiger partial charge in [0.25, 0.3) is 0 Å². The maximum absolute atomic E-state index is 6.02. The van der Waals surface area contributed by atoms with Crippen molar-refractivity contribution in [1.29, 1.82) is 0 Å². The summed E-state index contributed by atoms with van der Waals surface area (Å²) in [6, 6.07) is 3.58. The number of pyridine rings is 1. The van der Waals surface area contributed by atoms with Crippen molar-refractivity contribution >= 4 is 22.7 Å². The third kappa shape index (κ3) is 1.46. The fourth-order valence-corrected chi connectivity index (χ4v) is 2.05. The molecule has 3 rings (SSSR count). The van der Waals surface area contributed by atoms with Crippen LogP contribution in [0, 0.1) is 0 Å². The number of nitrogens with zero attached hydrogens (tertiary/aromatic N) is 4. The molecule has 0 radical (unpaired) electrons. The van der Waals surface area contributed by atoms with Gasteiger partial charge >= 0.3 is 0 Å². The molecule has 0 aliphatic heterocycles. The average molecular weight is 240 g/mol. The number of rotatable bonds is 1. The summed E-state index contributed by atoms with van der Waals surface area (Å²) in [7, 11) is 1.92. The Morgan fingerprint density at radius 1 is 1.11 bits per heavy atom. The topological polar surface area (TPSA) is 95.6 Å². The van der Waals surface area contributed by atoms with Crippen molar-refractivity contribution in [3.8, 4) is 11.3 Å². The lowest BCUT2D eigenvalue weighted by atomic mass is 10.1. The number of nitrogens with two attached hydrogens (primary N) is 2. The Balaban J connectivity index is 2.36. The van der Waals surface area contributed by atoms with Gasteiger partial charge in [0.15, 0.2) is 0 Å². The van der Waals surface area contributed by atoms with Crippen LogP contribution in [0.5, 0.6) is 0 Å². The summed E-state index contributed by atoms with van der Waals surface area (Å²) in [5.74, 6) is 0.243. The summed E-state index contributed by atoms with van der Waals surface area (Å²) in [6.07, 6.45) is 5.26. The van der Waals surface area contributed by atoms with Crippen molar-refractivity contribution in [3.05, 3.63) is 30.7 Å². The molecule has 0 unspecified atom stereocenters. The maximum Gasteiger partial charge on any atom is 0.220 e. The summed E-state index contributed by atoms with van der Waals surface area (Å²) >= 11 is 0. The molecule has 0 fully saturated rings. The first-order valence-electron chi connectivity index (χ1n) is 5.45. The molecule has 6 nitrogen and oxygen atoms in total. The molecule has 0 bridgehead atoms. The molecule has 0 aliphatic carbocycles. The standard InChI is InChI=1S/C12H12N6/c1-18-6-7(9-3-5-16-12(14)17-9)10-8(13)2-4-15-11(10)18/h2-6H,1H3,(H2,13,15)(H2,14,16,17). The van der Waals surface area contributed by atoms with Gasteiger partial charge in [-0.3, -0.25) is 0 Å². The highest BCUT2D eigenvalue weighted by Crippen LogP contribution is 2.31. The molecule has 3 aromatic heterocycles. The lowest BCUT2D eigenvalue weighted by Gasteiger charge is -2.01. The van der Waals surface area contributed by atoms with E-state index in [-0.39, 0.29) is 5.95 Å². The van der Waals surface area contributed by atoms with E-state index >= 15 is 0 Å². The van der Waals surface area contributed by atoms with E-state index in [1.165, 1.54) is 0 Å². The zero-order chi connectivity index (χ0) is 12.7. The van der Waals surface area contributed by atoms with Crippen LogP contribution in [-0.2, 0) is 7.05 Å². The summed E-state index contributed by atoms with van der Waals surface area (Å²) < 4.78 is 1.92. The molecule has 0 saturated heterocycles. The van der Waals surface area contributed by atoms with Gasteiger partial charge in [0, 0.05) is 36.9 Å². The molecule has 3 heterocycles. The summed E-state index contributed by atoms with van der Waals surface area (Å²) in [5, 5.41) is 0.887. The molecule has 0 saturated carbocycles. The van der Waals surface area contributed by atoms with Crippen molar-refractivity contribution in [2.45, 2.75) is 0 Å². The van der Waals surface area contributed by atoms with E-state index in [2.05, 4.69) is 15.0 Å². The van der Waals surface area contributed by atoms with Crippen molar-refractivity contribution < 1.29 is 0 Å². The summed E-state index contributed by atoms with van der Waals surface area (Å²) in [5.41, 5.74) is 14.8. The van der Waals surface area contributed by atoms with E-state index in [1.54, 1.807) is 24.5 Å². The van der Waals surface area contributed by atoms with Gasteiger partial charge < -0.3 is 16.0 Å². The largest absolute Gasteiger partial charge is 0.398 e. The fourth-order valence-electron chi connectivity index (χ4n) is 2.05. The minimum Gasteiger partial charge on any atom is -0.398 e. The first kappa shape index (κ1) is 10.5. The summed E-state index contributed by atoms with van der Waals surface area (Å²) in [4.78, 5) is 12.4. The molecule has 0 spiro atoms. The Hall–Kier alpha value is -2.63. The molecular weight excluding hydrogens is 228 g/mol. The van der Waals surface area contributed by atoms with E-state index in [9.17, 15) is 0 Å². The van der Waals surface area contributed by atoms with Gasteiger partial charge in [-0.25, -0.2) is 15.0 Å². The van der Waals surface area contributed by atoms with Crippen LogP contribution < -0.4 is 11.5 Å². The smallest absolute Gasteiger partial charge is 0.220 e. The molecule has 18 heavy (non-hydrogen) atoms. The van der Waals surface area contributed by atoms with E-state index in [1.807, 2.05) is 17.8 Å². The van der Waals surface area contributed by atoms with E-state index in [0.717, 1.165) is 22.3 Å². The Kier molecular flexibility index (Phi) is 2.16. The molecule has 3 aromatic rings. The number of aryl methyl sites for hydroxylation is 1. The van der Waals surface area contributed by atoms with Crippen molar-refractivity contribution in [2.75, 3.05) is 11.5 Å². The van der Waals surface area contributed by atoms with E-state index in [0.29, 0.717) is 5.69 Å². The molecule has 0 aromatic carbocycles. The molecule has 90 valence electrons. The Bertz CT molecular complexity index is 731. The normalized spacial score (nSPS) is 10.9.